The number of hydrogen-bond acceptors (Lipinski definition) is 5. The van der Waals surface area contributed by atoms with Crippen LogP contribution in [-0.2, 0) is 0 Å². The van der Waals surface area contributed by atoms with Crippen LogP contribution in [0.1, 0.15) is 25.7 Å². The monoisotopic (exact) mass is 367 g/mol. The summed E-state index contributed by atoms with van der Waals surface area (Å²) in [4.78, 5) is 11.0. The summed E-state index contributed by atoms with van der Waals surface area (Å²) in [6, 6.07) is 5.83. The van der Waals surface area contributed by atoms with Gasteiger partial charge in [-0.2, -0.15) is 0 Å². The largest absolute Gasteiger partial charge is 0.492 e. The van der Waals surface area contributed by atoms with E-state index in [1.807, 2.05) is 18.2 Å². The molecule has 7 heteroatoms. The lowest BCUT2D eigenvalue weighted by molar-refractivity contribution is 0.200. The standard InChI is InChI=1S/C15H18BrN3O3/c16-12-6-3-10(14-18-19-15(20)22-14)7-13(12)21-8-9-1-4-11(17)5-2-9/h3,6-7,9,11H,1-2,4-5,8,17H2,(H,19,20)/t9-,11-. The highest BCUT2D eigenvalue weighted by Gasteiger charge is 2.19. The smallest absolute Gasteiger partial charge is 0.434 e. The Kier molecular flexibility index (Phi) is 4.63. The fourth-order valence-corrected chi connectivity index (χ4v) is 3.02. The molecule has 0 atom stereocenters. The van der Waals surface area contributed by atoms with Crippen molar-refractivity contribution in [2.24, 2.45) is 11.7 Å². The van der Waals surface area contributed by atoms with E-state index in [0.29, 0.717) is 24.1 Å². The second kappa shape index (κ2) is 6.66. The number of aromatic nitrogens is 2. The first-order valence-corrected chi connectivity index (χ1v) is 8.15. The third-order valence-electron chi connectivity index (χ3n) is 3.98. The van der Waals surface area contributed by atoms with Crippen LogP contribution in [0.2, 0.25) is 0 Å². The molecule has 0 amide bonds. The predicted molar refractivity (Wildman–Crippen MR) is 85.7 cm³/mol. The number of nitrogens with one attached hydrogen (secondary N) is 1. The molecule has 1 aromatic heterocycles. The van der Waals surface area contributed by atoms with E-state index in [2.05, 4.69) is 26.1 Å². The maximum atomic E-state index is 11.0. The van der Waals surface area contributed by atoms with Crippen molar-refractivity contribution in [1.29, 1.82) is 0 Å². The molecule has 1 aliphatic rings. The van der Waals surface area contributed by atoms with Gasteiger partial charge < -0.3 is 14.9 Å². The van der Waals surface area contributed by atoms with E-state index >= 15 is 0 Å². The molecule has 3 rings (SSSR count). The van der Waals surface area contributed by atoms with Gasteiger partial charge in [-0.25, -0.2) is 9.89 Å². The number of hydrogen-bond donors (Lipinski definition) is 2. The molecule has 2 aromatic rings. The van der Waals surface area contributed by atoms with E-state index in [9.17, 15) is 4.79 Å². The van der Waals surface area contributed by atoms with Gasteiger partial charge in [-0.3, -0.25) is 0 Å². The molecule has 118 valence electrons. The Hall–Kier alpha value is -1.60. The zero-order valence-corrected chi connectivity index (χ0v) is 13.6. The highest BCUT2D eigenvalue weighted by atomic mass is 79.9. The molecule has 0 unspecified atom stereocenters. The fraction of sp³-hybridized carbons (Fsp3) is 0.467. The van der Waals surface area contributed by atoms with E-state index in [0.717, 1.165) is 35.9 Å². The molecule has 1 aromatic carbocycles. The minimum atomic E-state index is -0.570. The number of benzene rings is 1. The van der Waals surface area contributed by atoms with Gasteiger partial charge in [0, 0.05) is 11.6 Å². The Morgan fingerprint density at radius 1 is 1.36 bits per heavy atom. The van der Waals surface area contributed by atoms with E-state index in [4.69, 9.17) is 14.9 Å². The van der Waals surface area contributed by atoms with Crippen LogP contribution in [0.25, 0.3) is 11.5 Å². The van der Waals surface area contributed by atoms with Crippen molar-refractivity contribution in [3.63, 3.8) is 0 Å². The lowest BCUT2D eigenvalue weighted by atomic mass is 9.87. The van der Waals surface area contributed by atoms with Crippen LogP contribution in [0, 0.1) is 5.92 Å². The van der Waals surface area contributed by atoms with E-state index < -0.39 is 5.76 Å². The van der Waals surface area contributed by atoms with Gasteiger partial charge in [0.05, 0.1) is 11.1 Å². The minimum Gasteiger partial charge on any atom is -0.492 e. The Bertz CT molecular complexity index is 689. The third kappa shape index (κ3) is 3.59. The molecule has 22 heavy (non-hydrogen) atoms. The van der Waals surface area contributed by atoms with Crippen molar-refractivity contribution in [1.82, 2.24) is 10.2 Å². The molecule has 6 nitrogen and oxygen atoms in total. The second-order valence-electron chi connectivity index (χ2n) is 5.66. The van der Waals surface area contributed by atoms with Crippen molar-refractivity contribution in [3.05, 3.63) is 33.2 Å². The summed E-state index contributed by atoms with van der Waals surface area (Å²) < 4.78 is 11.8. The van der Waals surface area contributed by atoms with Crippen molar-refractivity contribution < 1.29 is 9.15 Å². The van der Waals surface area contributed by atoms with Gasteiger partial charge in [0.1, 0.15) is 5.75 Å². The molecule has 0 saturated heterocycles. The summed E-state index contributed by atoms with van der Waals surface area (Å²) in [7, 11) is 0. The Labute approximate surface area is 136 Å². The summed E-state index contributed by atoms with van der Waals surface area (Å²) in [5.74, 6) is 0.946. The van der Waals surface area contributed by atoms with Crippen LogP contribution in [0.4, 0.5) is 0 Å². The first-order chi connectivity index (χ1) is 10.6. The van der Waals surface area contributed by atoms with E-state index in [1.165, 1.54) is 0 Å². The van der Waals surface area contributed by atoms with Gasteiger partial charge in [-0.15, -0.1) is 5.10 Å². The lowest BCUT2D eigenvalue weighted by Crippen LogP contribution is -2.28. The van der Waals surface area contributed by atoms with Crippen molar-refractivity contribution in [2.45, 2.75) is 31.7 Å². The minimum absolute atomic E-state index is 0.256. The van der Waals surface area contributed by atoms with Gasteiger partial charge in [-0.05, 0) is 65.7 Å². The number of aromatic amines is 1. The summed E-state index contributed by atoms with van der Waals surface area (Å²) in [5, 5.41) is 6.08. The summed E-state index contributed by atoms with van der Waals surface area (Å²) in [6.45, 7) is 0.666. The number of rotatable bonds is 4. The molecular formula is C15H18BrN3O3. The average Bonchev–Trinajstić information content (AvgIpc) is 2.95. The zero-order chi connectivity index (χ0) is 15.5. The molecule has 1 fully saturated rings. The first kappa shape index (κ1) is 15.3. The van der Waals surface area contributed by atoms with Crippen LogP contribution in [0.15, 0.2) is 31.9 Å². The summed E-state index contributed by atoms with van der Waals surface area (Å²) >= 11 is 3.48. The van der Waals surface area contributed by atoms with Crippen LogP contribution >= 0.6 is 15.9 Å². The average molecular weight is 368 g/mol. The number of ether oxygens (including phenoxy) is 1. The molecule has 1 saturated carbocycles. The summed E-state index contributed by atoms with van der Waals surface area (Å²) in [5.41, 5.74) is 6.62. The van der Waals surface area contributed by atoms with Gasteiger partial charge >= 0.3 is 5.76 Å². The van der Waals surface area contributed by atoms with Crippen LogP contribution < -0.4 is 16.2 Å². The Morgan fingerprint density at radius 3 is 2.82 bits per heavy atom. The first-order valence-electron chi connectivity index (χ1n) is 7.35. The molecular weight excluding hydrogens is 350 g/mol. The molecule has 1 aliphatic carbocycles. The number of nitrogens with two attached hydrogens (primary N) is 1. The van der Waals surface area contributed by atoms with Gasteiger partial charge in [0.2, 0.25) is 5.89 Å². The highest BCUT2D eigenvalue weighted by Crippen LogP contribution is 2.31. The zero-order valence-electron chi connectivity index (χ0n) is 12.0. The maximum absolute atomic E-state index is 11.0. The van der Waals surface area contributed by atoms with Crippen LogP contribution in [0.3, 0.4) is 0 Å². The third-order valence-corrected chi connectivity index (χ3v) is 4.64. The molecule has 1 heterocycles. The van der Waals surface area contributed by atoms with E-state index in [-0.39, 0.29) is 5.89 Å². The quantitative estimate of drug-likeness (QED) is 0.865. The topological polar surface area (TPSA) is 94.1 Å². The highest BCUT2D eigenvalue weighted by molar-refractivity contribution is 9.10. The molecule has 3 N–H and O–H groups in total. The van der Waals surface area contributed by atoms with Crippen molar-refractivity contribution >= 4 is 15.9 Å². The van der Waals surface area contributed by atoms with Crippen LogP contribution in [-0.4, -0.2) is 22.8 Å². The fourth-order valence-electron chi connectivity index (χ4n) is 2.66. The Morgan fingerprint density at radius 2 is 2.14 bits per heavy atom. The van der Waals surface area contributed by atoms with Crippen LogP contribution in [0.5, 0.6) is 5.75 Å². The van der Waals surface area contributed by atoms with E-state index in [1.54, 1.807) is 0 Å². The Balaban J connectivity index is 1.69. The SMILES string of the molecule is N[C@H]1CC[C@H](COc2cc(-c3n[nH]c(=O)o3)ccc2Br)CC1. The van der Waals surface area contributed by atoms with Gasteiger partial charge in [0.15, 0.2) is 0 Å². The number of H-pyrrole nitrogens is 1. The second-order valence-corrected chi connectivity index (χ2v) is 6.51. The maximum Gasteiger partial charge on any atom is 0.434 e. The number of halogens is 1. The molecule has 0 spiro atoms. The number of nitrogens with zero attached hydrogens (tertiary/aromatic N) is 1. The van der Waals surface area contributed by atoms with Crippen molar-refractivity contribution in [3.8, 4) is 17.2 Å². The molecule has 0 aliphatic heterocycles. The summed E-state index contributed by atoms with van der Waals surface area (Å²) in [6.07, 6.45) is 4.33. The molecule has 0 bridgehead atoms. The van der Waals surface area contributed by atoms with Crippen molar-refractivity contribution in [2.75, 3.05) is 6.61 Å². The van der Waals surface area contributed by atoms with Gasteiger partial charge in [0.25, 0.3) is 0 Å². The lowest BCUT2D eigenvalue weighted by Gasteiger charge is -2.26. The normalized spacial score (nSPS) is 21.7. The molecule has 0 radical (unpaired) electrons. The predicted octanol–water partition coefficient (Wildman–Crippen LogP) is 2.69. The van der Waals surface area contributed by atoms with Gasteiger partial charge in [-0.1, -0.05) is 0 Å².